The molecule has 156 valence electrons. The van der Waals surface area contributed by atoms with Crippen LogP contribution < -0.4 is 0 Å². The molecule has 0 heterocycles. The van der Waals surface area contributed by atoms with E-state index >= 15 is 0 Å². The highest BCUT2D eigenvalue weighted by Gasteiger charge is 2.70. The van der Waals surface area contributed by atoms with Gasteiger partial charge in [-0.1, -0.05) is 49.6 Å². The highest BCUT2D eigenvalue weighted by Crippen LogP contribution is 2.74. The summed E-state index contributed by atoms with van der Waals surface area (Å²) in [5.41, 5.74) is 1.87. The van der Waals surface area contributed by atoms with Crippen molar-refractivity contribution in [2.24, 2.45) is 34.0 Å². The van der Waals surface area contributed by atoms with Crippen molar-refractivity contribution in [2.75, 3.05) is 0 Å². The Morgan fingerprint density at radius 1 is 1.07 bits per heavy atom. The quantitative estimate of drug-likeness (QED) is 0.547. The Balaban J connectivity index is 1.57. The summed E-state index contributed by atoms with van der Waals surface area (Å²) < 4.78 is 0. The number of hydrogen-bond donors (Lipinski definition) is 1. The minimum Gasteiger partial charge on any atom is -0.389 e. The molecule has 7 unspecified atom stereocenters. The number of nitrogens with zero attached hydrogens (tertiary/aromatic N) is 1. The van der Waals surface area contributed by atoms with Crippen molar-refractivity contribution >= 4 is 0 Å². The van der Waals surface area contributed by atoms with E-state index in [1.54, 1.807) is 5.57 Å². The lowest BCUT2D eigenvalue weighted by Crippen LogP contribution is -2.64. The minimum absolute atomic E-state index is 0.0614. The van der Waals surface area contributed by atoms with Crippen molar-refractivity contribution in [3.8, 4) is 6.07 Å². The zero-order valence-electron chi connectivity index (χ0n) is 18.2. The van der Waals surface area contributed by atoms with Crippen LogP contribution in [-0.4, -0.2) is 10.7 Å². The third-order valence-corrected chi connectivity index (χ3v) is 10.7. The highest BCUT2D eigenvalue weighted by atomic mass is 16.3. The van der Waals surface area contributed by atoms with Crippen LogP contribution in [0.5, 0.6) is 0 Å². The van der Waals surface area contributed by atoms with Gasteiger partial charge in [0.05, 0.1) is 17.1 Å². The smallest absolute Gasteiger partial charge is 0.0740 e. The lowest BCUT2D eigenvalue weighted by Gasteiger charge is -2.65. The van der Waals surface area contributed by atoms with Crippen molar-refractivity contribution in [3.05, 3.63) is 36.5 Å². The van der Waals surface area contributed by atoms with Crippen molar-refractivity contribution in [1.29, 1.82) is 5.26 Å². The summed E-state index contributed by atoms with van der Waals surface area (Å²) in [6, 6.07) is 2.97. The summed E-state index contributed by atoms with van der Waals surface area (Å²) in [6.45, 7) is 10.9. The van der Waals surface area contributed by atoms with E-state index in [1.165, 1.54) is 12.0 Å². The number of rotatable bonds is 2. The van der Waals surface area contributed by atoms with Gasteiger partial charge in [0.1, 0.15) is 0 Å². The van der Waals surface area contributed by atoms with Crippen LogP contribution in [0.2, 0.25) is 0 Å². The zero-order valence-corrected chi connectivity index (χ0v) is 18.2. The van der Waals surface area contributed by atoms with Gasteiger partial charge in [0.2, 0.25) is 0 Å². The Bertz CT molecular complexity index is 819. The zero-order chi connectivity index (χ0) is 20.5. The minimum atomic E-state index is -0.595. The van der Waals surface area contributed by atoms with Crippen molar-refractivity contribution in [2.45, 2.75) is 89.6 Å². The average molecular weight is 392 g/mol. The van der Waals surface area contributed by atoms with Crippen molar-refractivity contribution in [3.63, 3.8) is 0 Å². The van der Waals surface area contributed by atoms with Gasteiger partial charge in [0.25, 0.3) is 0 Å². The molecule has 0 aliphatic heterocycles. The lowest BCUT2D eigenvalue weighted by molar-refractivity contribution is -0.201. The van der Waals surface area contributed by atoms with Gasteiger partial charge in [-0.2, -0.15) is 5.26 Å². The molecule has 4 fully saturated rings. The fraction of sp³-hybridized carbons (Fsp3) is 0.741. The molecular weight excluding hydrogens is 354 g/mol. The van der Waals surface area contributed by atoms with E-state index in [2.05, 4.69) is 38.3 Å². The van der Waals surface area contributed by atoms with E-state index < -0.39 is 5.60 Å². The van der Waals surface area contributed by atoms with Crippen LogP contribution in [0.4, 0.5) is 0 Å². The molecule has 2 nitrogen and oxygen atoms in total. The predicted molar refractivity (Wildman–Crippen MR) is 117 cm³/mol. The summed E-state index contributed by atoms with van der Waals surface area (Å²) in [5.74, 6) is 1.35. The highest BCUT2D eigenvalue weighted by molar-refractivity contribution is 5.36. The number of hydrogen-bond acceptors (Lipinski definition) is 2. The van der Waals surface area contributed by atoms with Gasteiger partial charge in [-0.05, 0) is 87.4 Å². The van der Waals surface area contributed by atoms with Crippen LogP contribution in [0.1, 0.15) is 84.0 Å². The molecule has 0 spiro atoms. The maximum Gasteiger partial charge on any atom is 0.0740 e. The third-order valence-electron chi connectivity index (χ3n) is 10.7. The molecule has 0 aromatic heterocycles. The maximum atomic E-state index is 11.7. The Hall–Kier alpha value is -1.33. The molecule has 0 bridgehead atoms. The first-order valence-electron chi connectivity index (χ1n) is 12.0. The second-order valence-electron chi connectivity index (χ2n) is 11.2. The van der Waals surface area contributed by atoms with Crippen LogP contribution in [-0.2, 0) is 0 Å². The molecule has 0 aromatic carbocycles. The molecule has 5 aliphatic carbocycles. The van der Waals surface area contributed by atoms with Gasteiger partial charge in [0, 0.05) is 5.41 Å². The molecule has 5 aliphatic rings. The van der Waals surface area contributed by atoms with E-state index in [0.29, 0.717) is 17.8 Å². The summed E-state index contributed by atoms with van der Waals surface area (Å²) in [5, 5.41) is 22.4. The number of aliphatic hydroxyl groups is 1. The van der Waals surface area contributed by atoms with Crippen molar-refractivity contribution < 1.29 is 5.11 Å². The third kappa shape index (κ3) is 2.26. The molecule has 29 heavy (non-hydrogen) atoms. The van der Waals surface area contributed by atoms with Crippen LogP contribution in [0, 0.1) is 45.3 Å². The van der Waals surface area contributed by atoms with E-state index in [1.807, 2.05) is 0 Å². The summed E-state index contributed by atoms with van der Waals surface area (Å²) in [7, 11) is 0. The number of allylic oxidation sites excluding steroid dienone is 3. The standard InChI is InChI=1S/C27H37NO/c1-4-25-12-5-6-13-27(25,29)16-11-23-22(25)9-14-24(3)21(10-15-26(23,24)18-28)20-8-7-19(2)17-20/h4,17,21-23,29H,1-2,5-16H2,3H3. The van der Waals surface area contributed by atoms with Crippen LogP contribution in [0.25, 0.3) is 0 Å². The Morgan fingerprint density at radius 2 is 1.83 bits per heavy atom. The summed E-state index contributed by atoms with van der Waals surface area (Å²) in [6.07, 6.45) is 17.3. The Kier molecular flexibility index (Phi) is 4.29. The van der Waals surface area contributed by atoms with E-state index in [9.17, 15) is 10.4 Å². The summed E-state index contributed by atoms with van der Waals surface area (Å²) >= 11 is 0. The fourth-order valence-electron chi connectivity index (χ4n) is 9.23. The molecule has 1 N–H and O–H groups in total. The lowest BCUT2D eigenvalue weighted by atomic mass is 9.39. The van der Waals surface area contributed by atoms with Gasteiger partial charge >= 0.3 is 0 Å². The second kappa shape index (κ2) is 6.34. The molecule has 4 saturated carbocycles. The molecule has 0 saturated heterocycles. The van der Waals surface area contributed by atoms with Crippen LogP contribution in [0.3, 0.4) is 0 Å². The predicted octanol–water partition coefficient (Wildman–Crippen LogP) is 6.49. The van der Waals surface area contributed by atoms with Gasteiger partial charge in [0.15, 0.2) is 0 Å². The van der Waals surface area contributed by atoms with Gasteiger partial charge < -0.3 is 5.11 Å². The first kappa shape index (κ1) is 19.6. The molecule has 0 amide bonds. The molecular formula is C27H37NO. The van der Waals surface area contributed by atoms with Crippen LogP contribution >= 0.6 is 0 Å². The largest absolute Gasteiger partial charge is 0.389 e. The van der Waals surface area contributed by atoms with Gasteiger partial charge in [-0.25, -0.2) is 0 Å². The Morgan fingerprint density at radius 3 is 2.52 bits per heavy atom. The number of nitriles is 1. The topological polar surface area (TPSA) is 44.0 Å². The normalized spacial score (nSPS) is 51.4. The molecule has 0 radical (unpaired) electrons. The summed E-state index contributed by atoms with van der Waals surface area (Å²) in [4.78, 5) is 0. The monoisotopic (exact) mass is 391 g/mol. The first-order valence-corrected chi connectivity index (χ1v) is 12.0. The van der Waals surface area contributed by atoms with Gasteiger partial charge in [-0.15, -0.1) is 6.58 Å². The molecule has 2 heteroatoms. The molecule has 5 rings (SSSR count). The van der Waals surface area contributed by atoms with E-state index in [-0.39, 0.29) is 16.2 Å². The first-order chi connectivity index (χ1) is 13.9. The van der Waals surface area contributed by atoms with Gasteiger partial charge in [-0.3, -0.25) is 0 Å². The number of fused-ring (bicyclic) bond motifs is 5. The molecule has 7 atom stereocenters. The SMILES string of the molecule is C=CC12CCCCC1(O)CCC1C2CCC2(C)C(C3=CC(=C)CC3)CCC12C#N. The van der Waals surface area contributed by atoms with E-state index in [0.717, 1.165) is 70.6 Å². The van der Waals surface area contributed by atoms with Crippen LogP contribution in [0.15, 0.2) is 36.5 Å². The molecule has 0 aromatic rings. The van der Waals surface area contributed by atoms with E-state index in [4.69, 9.17) is 0 Å². The second-order valence-corrected chi connectivity index (χ2v) is 11.2. The average Bonchev–Trinajstić information content (AvgIpc) is 3.27. The fourth-order valence-corrected chi connectivity index (χ4v) is 9.23. The Labute approximate surface area is 176 Å². The van der Waals surface area contributed by atoms with Crippen molar-refractivity contribution in [1.82, 2.24) is 0 Å². The maximum absolute atomic E-state index is 11.7.